The second kappa shape index (κ2) is 16.1. The zero-order valence-electron chi connectivity index (χ0n) is 35.8. The Bertz CT molecular complexity index is 3660. The quantitative estimate of drug-likeness (QED) is 0.151. The van der Waals surface area contributed by atoms with Gasteiger partial charge in [-0.25, -0.2) is 29.9 Å². The summed E-state index contributed by atoms with van der Waals surface area (Å²) in [6, 6.07) is 62.0. The van der Waals surface area contributed by atoms with Gasteiger partial charge in [0.1, 0.15) is 68.6 Å². The van der Waals surface area contributed by atoms with Crippen molar-refractivity contribution in [1.29, 1.82) is 0 Å². The summed E-state index contributed by atoms with van der Waals surface area (Å²) < 4.78 is 25.3. The highest BCUT2D eigenvalue weighted by Gasteiger charge is 2.24. The van der Waals surface area contributed by atoms with E-state index in [4.69, 9.17) is 48.9 Å². The maximum Gasteiger partial charge on any atom is 0.164 e. The number of aromatic nitrogens is 8. The van der Waals surface area contributed by atoms with Crippen LogP contribution < -0.4 is 18.9 Å². The van der Waals surface area contributed by atoms with Gasteiger partial charge >= 0.3 is 0 Å². The molecule has 0 radical (unpaired) electrons. The Kier molecular flexibility index (Phi) is 9.17. The van der Waals surface area contributed by atoms with Crippen LogP contribution in [0.15, 0.2) is 194 Å². The van der Waals surface area contributed by atoms with E-state index in [1.54, 1.807) is 0 Å². The van der Waals surface area contributed by atoms with Crippen molar-refractivity contribution in [2.75, 3.05) is 0 Å². The SMILES string of the molecule is c1ccc(Oc2ccc3c(c2)-c2nc-3nc3[nH]c(nc4nc(nc5[nH]c(n2)c2cc(Oc6ccccc6)ccc52)-c2ccc(Oc5ccccc5)cc2-4)c2cc(Oc4ccccc4)ccc32)cc1. The summed E-state index contributed by atoms with van der Waals surface area (Å²) in [6.07, 6.45) is 0. The van der Waals surface area contributed by atoms with E-state index in [1.807, 2.05) is 194 Å². The Hall–Kier alpha value is -9.68. The molecule has 68 heavy (non-hydrogen) atoms. The Balaban J connectivity index is 1.08. The molecule has 8 bridgehead atoms. The zero-order valence-corrected chi connectivity index (χ0v) is 35.8. The number of rotatable bonds is 8. The summed E-state index contributed by atoms with van der Waals surface area (Å²) in [4.78, 5) is 38.4. The van der Waals surface area contributed by atoms with Crippen LogP contribution in [0.3, 0.4) is 0 Å². The number of hydrogen-bond acceptors (Lipinski definition) is 10. The number of nitrogens with zero attached hydrogens (tertiary/aromatic N) is 6. The second-order valence-electron chi connectivity index (χ2n) is 16.1. The molecule has 0 atom stereocenters. The van der Waals surface area contributed by atoms with Gasteiger partial charge in [0.15, 0.2) is 23.3 Å². The normalized spacial score (nSPS) is 11.5. The van der Waals surface area contributed by atoms with Gasteiger partial charge in [-0.05, 0) is 121 Å². The molecule has 12 heteroatoms. The first-order valence-electron chi connectivity index (χ1n) is 21.9. The molecule has 13 rings (SSSR count). The summed E-state index contributed by atoms with van der Waals surface area (Å²) in [7, 11) is 0. The van der Waals surface area contributed by atoms with Crippen molar-refractivity contribution in [3.05, 3.63) is 194 Å². The fraction of sp³-hybridized carbons (Fsp3) is 0. The molecule has 3 aromatic heterocycles. The van der Waals surface area contributed by atoms with Crippen molar-refractivity contribution >= 4 is 44.1 Å². The minimum Gasteiger partial charge on any atom is -0.457 e. The number of benzene rings is 8. The largest absolute Gasteiger partial charge is 0.457 e. The molecule has 11 aromatic rings. The topological polar surface area (TPSA) is 146 Å². The molecule has 8 aromatic carbocycles. The zero-order chi connectivity index (χ0) is 45.0. The fourth-order valence-corrected chi connectivity index (χ4v) is 8.46. The Morgan fingerprint density at radius 3 is 0.882 bits per heavy atom. The lowest BCUT2D eigenvalue weighted by atomic mass is 10.1. The van der Waals surface area contributed by atoms with Crippen LogP contribution in [-0.4, -0.2) is 39.9 Å². The van der Waals surface area contributed by atoms with Gasteiger partial charge in [-0.3, -0.25) is 0 Å². The van der Waals surface area contributed by atoms with Crippen LogP contribution in [0.5, 0.6) is 46.0 Å². The highest BCUT2D eigenvalue weighted by atomic mass is 16.5. The Morgan fingerprint density at radius 1 is 0.235 bits per heavy atom. The predicted molar refractivity (Wildman–Crippen MR) is 262 cm³/mol. The number of H-pyrrole nitrogens is 2. The van der Waals surface area contributed by atoms with E-state index in [2.05, 4.69) is 9.97 Å². The monoisotopic (exact) mass is 882 g/mol. The third-order valence-corrected chi connectivity index (χ3v) is 11.6. The third kappa shape index (κ3) is 7.24. The summed E-state index contributed by atoms with van der Waals surface area (Å²) in [5, 5.41) is 3.12. The van der Waals surface area contributed by atoms with Crippen LogP contribution in [0, 0.1) is 0 Å². The smallest absolute Gasteiger partial charge is 0.164 e. The first-order valence-corrected chi connectivity index (χ1v) is 21.9. The number of fused-ring (bicyclic) bond motifs is 20. The van der Waals surface area contributed by atoms with Crippen LogP contribution in [0.1, 0.15) is 0 Å². The maximum absolute atomic E-state index is 6.34. The highest BCUT2D eigenvalue weighted by molar-refractivity contribution is 6.07. The van der Waals surface area contributed by atoms with Gasteiger partial charge in [0.05, 0.1) is 0 Å². The van der Waals surface area contributed by atoms with E-state index in [-0.39, 0.29) is 0 Å². The molecular weight excluding hydrogens is 849 g/mol. The molecular formula is C56H34N8O4. The minimum absolute atomic E-state index is 0.429. The average Bonchev–Trinajstić information content (AvgIpc) is 4.10. The molecule has 2 N–H and O–H groups in total. The van der Waals surface area contributed by atoms with Crippen LogP contribution >= 0.6 is 0 Å². The van der Waals surface area contributed by atoms with E-state index in [0.29, 0.717) is 91.9 Å². The van der Waals surface area contributed by atoms with Crippen molar-refractivity contribution in [1.82, 2.24) is 39.9 Å². The molecule has 0 saturated heterocycles. The van der Waals surface area contributed by atoms with Gasteiger partial charge in [-0.2, -0.15) is 0 Å². The van der Waals surface area contributed by atoms with Crippen LogP contribution in [0.4, 0.5) is 0 Å². The molecule has 322 valence electrons. The second-order valence-corrected chi connectivity index (χ2v) is 16.1. The van der Waals surface area contributed by atoms with Gasteiger partial charge < -0.3 is 28.9 Å². The molecule has 0 fully saturated rings. The molecule has 2 aliphatic heterocycles. The van der Waals surface area contributed by atoms with E-state index < -0.39 is 0 Å². The molecule has 0 saturated carbocycles. The van der Waals surface area contributed by atoms with Gasteiger partial charge in [-0.1, -0.05) is 72.8 Å². The van der Waals surface area contributed by atoms with Gasteiger partial charge in [0.25, 0.3) is 0 Å². The lowest BCUT2D eigenvalue weighted by Crippen LogP contribution is -1.87. The van der Waals surface area contributed by atoms with E-state index in [0.717, 1.165) is 43.8 Å². The summed E-state index contributed by atoms with van der Waals surface area (Å²) >= 11 is 0. The minimum atomic E-state index is 0.429. The first kappa shape index (κ1) is 38.8. The highest BCUT2D eigenvalue weighted by Crippen LogP contribution is 2.41. The average molecular weight is 883 g/mol. The van der Waals surface area contributed by atoms with E-state index in [1.165, 1.54) is 0 Å². The third-order valence-electron chi connectivity index (χ3n) is 11.6. The number of ether oxygens (including phenoxy) is 4. The van der Waals surface area contributed by atoms with Crippen LogP contribution in [0.2, 0.25) is 0 Å². The van der Waals surface area contributed by atoms with Gasteiger partial charge in [0.2, 0.25) is 0 Å². The Morgan fingerprint density at radius 2 is 0.529 bits per heavy atom. The number of nitrogens with one attached hydrogen (secondary N) is 2. The van der Waals surface area contributed by atoms with E-state index >= 15 is 0 Å². The summed E-state index contributed by atoms with van der Waals surface area (Å²) in [5.74, 6) is 7.07. The number of hydrogen-bond donors (Lipinski definition) is 2. The van der Waals surface area contributed by atoms with Crippen LogP contribution in [-0.2, 0) is 0 Å². The van der Waals surface area contributed by atoms with Gasteiger partial charge in [-0.15, -0.1) is 0 Å². The standard InChI is InChI=1S/C56H34N8O4/c1-5-13-33(14-6-1)65-37-21-25-41-45(29-37)53-59-49(41)57-50-43-27-23-39(67-35-17-9-3-10-18-35)31-47(43)55(61-50)64-56-48-32-40(68-36-19-11-4-12-20-36)24-28-44(48)52(62-56)58-51-42-26-22-38(30-46(42)54(60-51)63-53)66-34-15-7-2-8-16-34/h1-32H,(H2,57,58,59,60,61,62,63,64). The van der Waals surface area contributed by atoms with Crippen molar-refractivity contribution in [3.63, 3.8) is 0 Å². The first-order chi connectivity index (χ1) is 33.6. The Labute approximate surface area is 387 Å². The maximum atomic E-state index is 6.34. The lowest BCUT2D eigenvalue weighted by Gasteiger charge is -2.07. The lowest BCUT2D eigenvalue weighted by molar-refractivity contribution is 0.482. The fourth-order valence-electron chi connectivity index (χ4n) is 8.46. The van der Waals surface area contributed by atoms with Gasteiger partial charge in [0, 0.05) is 43.8 Å². The predicted octanol–water partition coefficient (Wildman–Crippen LogP) is 14.0. The molecule has 2 aliphatic rings. The van der Waals surface area contributed by atoms with Crippen molar-refractivity contribution in [2.24, 2.45) is 0 Å². The molecule has 0 spiro atoms. The molecule has 5 heterocycles. The molecule has 0 aliphatic carbocycles. The van der Waals surface area contributed by atoms with Crippen LogP contribution in [0.25, 0.3) is 89.7 Å². The summed E-state index contributed by atoms with van der Waals surface area (Å²) in [6.45, 7) is 0. The summed E-state index contributed by atoms with van der Waals surface area (Å²) in [5.41, 5.74) is 5.12. The van der Waals surface area contributed by atoms with E-state index in [9.17, 15) is 0 Å². The number of para-hydroxylation sites is 4. The van der Waals surface area contributed by atoms with Crippen molar-refractivity contribution in [2.45, 2.75) is 0 Å². The van der Waals surface area contributed by atoms with Crippen molar-refractivity contribution in [3.8, 4) is 91.5 Å². The molecule has 0 amide bonds. The number of aromatic amines is 2. The molecule has 12 nitrogen and oxygen atoms in total. The van der Waals surface area contributed by atoms with Crippen molar-refractivity contribution < 1.29 is 18.9 Å². The molecule has 0 unspecified atom stereocenters.